The highest BCUT2D eigenvalue weighted by atomic mass is 32.2. The van der Waals surface area contributed by atoms with Crippen LogP contribution in [0, 0.1) is 0 Å². The Morgan fingerprint density at radius 3 is 2.63 bits per heavy atom. The van der Waals surface area contributed by atoms with Crippen LogP contribution in [0.5, 0.6) is 5.75 Å². The van der Waals surface area contributed by atoms with Crippen LogP contribution in [-0.2, 0) is 21.2 Å². The average Bonchev–Trinajstić information content (AvgIpc) is 3.72. The molecule has 0 amide bonds. The molecule has 2 unspecified atom stereocenters. The first-order valence-electron chi connectivity index (χ1n) is 14.1. The third kappa shape index (κ3) is 5.04. The molecule has 1 aliphatic carbocycles. The molecule has 5 aromatic rings. The van der Waals surface area contributed by atoms with Crippen LogP contribution >= 0.6 is 0 Å². The largest absolute Gasteiger partial charge is 0.487 e. The molecule has 2 aliphatic rings. The molecule has 2 atom stereocenters. The molecular formula is C32H32N4O4S. The zero-order valence-corrected chi connectivity index (χ0v) is 23.8. The monoisotopic (exact) mass is 568 g/mol. The molecular weight excluding hydrogens is 536 g/mol. The van der Waals surface area contributed by atoms with Crippen molar-refractivity contribution < 1.29 is 17.9 Å². The minimum atomic E-state index is -3.23. The molecule has 9 heteroatoms. The Bertz CT molecular complexity index is 1850. The Hall–Kier alpha value is -3.95. The first-order chi connectivity index (χ1) is 19.9. The zero-order chi connectivity index (χ0) is 28.0. The summed E-state index contributed by atoms with van der Waals surface area (Å²) in [4.78, 5) is 0.342. The highest BCUT2D eigenvalue weighted by molar-refractivity contribution is 7.90. The molecule has 0 spiro atoms. The van der Waals surface area contributed by atoms with E-state index in [4.69, 9.17) is 19.7 Å². The van der Waals surface area contributed by atoms with E-state index in [-0.39, 0.29) is 12.1 Å². The average molecular weight is 569 g/mol. The molecule has 2 aromatic carbocycles. The molecule has 7 rings (SSSR count). The number of allylic oxidation sites excluding steroid dienone is 2. The van der Waals surface area contributed by atoms with Crippen molar-refractivity contribution in [2.24, 2.45) is 0 Å². The van der Waals surface area contributed by atoms with Gasteiger partial charge in [0.05, 0.1) is 28.2 Å². The van der Waals surface area contributed by atoms with E-state index in [1.807, 2.05) is 51.9 Å². The van der Waals surface area contributed by atoms with Gasteiger partial charge in [0.15, 0.2) is 21.7 Å². The van der Waals surface area contributed by atoms with Crippen molar-refractivity contribution in [3.8, 4) is 5.75 Å². The van der Waals surface area contributed by atoms with Gasteiger partial charge in [-0.15, -0.1) is 5.10 Å². The maximum Gasteiger partial charge on any atom is 0.183 e. The van der Waals surface area contributed by atoms with Gasteiger partial charge < -0.3 is 9.47 Å². The van der Waals surface area contributed by atoms with Gasteiger partial charge in [-0.3, -0.25) is 0 Å². The predicted octanol–water partition coefficient (Wildman–Crippen LogP) is 6.33. The number of ether oxygens (including phenoxy) is 2. The quantitative estimate of drug-likeness (QED) is 0.228. The van der Waals surface area contributed by atoms with Crippen LogP contribution in [0.4, 0.5) is 0 Å². The number of nitrogens with zero attached hydrogens (tertiary/aromatic N) is 4. The molecule has 8 nitrogen and oxygen atoms in total. The Kier molecular flexibility index (Phi) is 6.63. The number of sulfone groups is 1. The maximum atomic E-state index is 11.9. The Morgan fingerprint density at radius 2 is 1.88 bits per heavy atom. The second-order valence-corrected chi connectivity index (χ2v) is 13.0. The van der Waals surface area contributed by atoms with Crippen molar-refractivity contribution in [1.82, 2.24) is 19.4 Å². The summed E-state index contributed by atoms with van der Waals surface area (Å²) < 4.78 is 40.1. The fourth-order valence-corrected chi connectivity index (χ4v) is 6.62. The molecule has 0 radical (unpaired) electrons. The molecule has 41 heavy (non-hydrogen) atoms. The van der Waals surface area contributed by atoms with Crippen molar-refractivity contribution in [1.29, 1.82) is 0 Å². The van der Waals surface area contributed by atoms with E-state index in [2.05, 4.69) is 24.3 Å². The number of hydrogen-bond donors (Lipinski definition) is 0. The van der Waals surface area contributed by atoms with E-state index in [1.165, 1.54) is 11.8 Å². The zero-order valence-electron chi connectivity index (χ0n) is 22.9. The van der Waals surface area contributed by atoms with Crippen LogP contribution in [0.15, 0.2) is 84.0 Å². The van der Waals surface area contributed by atoms with Crippen LogP contribution < -0.4 is 4.74 Å². The lowest BCUT2D eigenvalue weighted by Crippen LogP contribution is -2.19. The summed E-state index contributed by atoms with van der Waals surface area (Å²) in [5.41, 5.74) is 6.33. The van der Waals surface area contributed by atoms with E-state index in [0.29, 0.717) is 11.5 Å². The van der Waals surface area contributed by atoms with Gasteiger partial charge in [-0.05, 0) is 67.0 Å². The smallest absolute Gasteiger partial charge is 0.183 e. The number of aromatic nitrogens is 4. The van der Waals surface area contributed by atoms with Crippen LogP contribution in [0.2, 0.25) is 0 Å². The topological polar surface area (TPSA) is 87.7 Å². The third-order valence-electron chi connectivity index (χ3n) is 8.13. The van der Waals surface area contributed by atoms with Gasteiger partial charge in [0.1, 0.15) is 12.4 Å². The van der Waals surface area contributed by atoms with Gasteiger partial charge in [-0.1, -0.05) is 48.5 Å². The SMILES string of the molecule is CS(=O)(=O)c1ccc(C2C=C(c3cc(OCc4ccccc4)cn4nc5c(cnn5C5CCCCO5)c34)CC2)cc1. The minimum Gasteiger partial charge on any atom is -0.487 e. The predicted molar refractivity (Wildman–Crippen MR) is 158 cm³/mol. The fraction of sp³-hybridized carbons (Fsp3) is 0.312. The van der Waals surface area contributed by atoms with E-state index < -0.39 is 9.84 Å². The number of rotatable bonds is 7. The van der Waals surface area contributed by atoms with Crippen LogP contribution in [-0.4, -0.2) is 40.7 Å². The second kappa shape index (κ2) is 10.5. The van der Waals surface area contributed by atoms with E-state index in [1.54, 1.807) is 12.1 Å². The fourth-order valence-electron chi connectivity index (χ4n) is 5.99. The highest BCUT2D eigenvalue weighted by Gasteiger charge is 2.26. The lowest BCUT2D eigenvalue weighted by molar-refractivity contribution is -0.0370. The van der Waals surface area contributed by atoms with Gasteiger partial charge in [-0.2, -0.15) is 5.10 Å². The van der Waals surface area contributed by atoms with Crippen LogP contribution in [0.1, 0.15) is 60.9 Å². The molecule has 0 saturated carbocycles. The summed E-state index contributed by atoms with van der Waals surface area (Å²) in [6.07, 6.45) is 12.2. The van der Waals surface area contributed by atoms with Gasteiger partial charge >= 0.3 is 0 Å². The summed E-state index contributed by atoms with van der Waals surface area (Å²) in [6.45, 7) is 1.20. The Morgan fingerprint density at radius 1 is 1.05 bits per heavy atom. The molecule has 0 bridgehead atoms. The maximum absolute atomic E-state index is 11.9. The van der Waals surface area contributed by atoms with Gasteiger partial charge in [0.2, 0.25) is 0 Å². The van der Waals surface area contributed by atoms with E-state index in [0.717, 1.165) is 77.7 Å². The summed E-state index contributed by atoms with van der Waals surface area (Å²) in [7, 11) is -3.23. The highest BCUT2D eigenvalue weighted by Crippen LogP contribution is 2.42. The van der Waals surface area contributed by atoms with Crippen molar-refractivity contribution in [3.63, 3.8) is 0 Å². The summed E-state index contributed by atoms with van der Waals surface area (Å²) in [6, 6.07) is 19.5. The number of pyridine rings is 1. The summed E-state index contributed by atoms with van der Waals surface area (Å²) in [5.74, 6) is 0.945. The van der Waals surface area contributed by atoms with E-state index in [9.17, 15) is 8.42 Å². The van der Waals surface area contributed by atoms with Crippen molar-refractivity contribution in [2.45, 2.75) is 55.8 Å². The number of benzene rings is 2. The summed E-state index contributed by atoms with van der Waals surface area (Å²) >= 11 is 0. The lowest BCUT2D eigenvalue weighted by Gasteiger charge is -2.22. The molecule has 210 valence electrons. The molecule has 1 aliphatic heterocycles. The lowest BCUT2D eigenvalue weighted by atomic mass is 9.99. The second-order valence-electron chi connectivity index (χ2n) is 11.0. The minimum absolute atomic E-state index is 0.103. The number of fused-ring (bicyclic) bond motifs is 3. The van der Waals surface area contributed by atoms with Gasteiger partial charge in [-0.25, -0.2) is 17.6 Å². The Labute approximate surface area is 239 Å². The van der Waals surface area contributed by atoms with Gasteiger partial charge in [0, 0.05) is 24.3 Å². The third-order valence-corrected chi connectivity index (χ3v) is 9.26. The Balaban J connectivity index is 1.29. The normalized spacial score (nSPS) is 19.6. The van der Waals surface area contributed by atoms with Crippen molar-refractivity contribution in [2.75, 3.05) is 12.9 Å². The van der Waals surface area contributed by atoms with Gasteiger partial charge in [0.25, 0.3) is 0 Å². The molecule has 1 fully saturated rings. The standard InChI is InChI=1S/C32H32N4O4S/c1-41(37,38)27-14-12-23(13-15-27)24-10-11-25(17-24)28-18-26(40-21-22-7-3-2-4-8-22)20-35-31(28)29-19-33-36(32(29)34-35)30-9-5-6-16-39-30/h2-4,7-8,12-15,17-20,24,30H,5-6,9-11,16,21H2,1H3. The molecule has 4 heterocycles. The van der Waals surface area contributed by atoms with Crippen molar-refractivity contribution >= 4 is 32.0 Å². The van der Waals surface area contributed by atoms with E-state index >= 15 is 0 Å². The van der Waals surface area contributed by atoms with Crippen molar-refractivity contribution in [3.05, 3.63) is 95.8 Å². The first-order valence-corrected chi connectivity index (χ1v) is 16.0. The first kappa shape index (κ1) is 26.0. The van der Waals surface area contributed by atoms with Crippen LogP contribution in [0.25, 0.3) is 22.1 Å². The summed E-state index contributed by atoms with van der Waals surface area (Å²) in [5, 5.41) is 10.7. The molecule has 3 aromatic heterocycles. The molecule has 0 N–H and O–H groups in total. The molecule has 1 saturated heterocycles. The number of hydrogen-bond acceptors (Lipinski definition) is 6. The van der Waals surface area contributed by atoms with Crippen LogP contribution in [0.3, 0.4) is 0 Å².